The summed E-state index contributed by atoms with van der Waals surface area (Å²) in [5.41, 5.74) is -2.07. The fraction of sp³-hybridized carbons (Fsp3) is 0.400. The molecule has 0 N–H and O–H groups in total. The molecule has 0 amide bonds. The first-order valence-electron chi connectivity index (χ1n) is 5.14. The van der Waals surface area contributed by atoms with Crippen LogP contribution in [0.1, 0.15) is 19.8 Å². The van der Waals surface area contributed by atoms with E-state index >= 15 is 0 Å². The highest BCUT2D eigenvalue weighted by molar-refractivity contribution is 5.54. The van der Waals surface area contributed by atoms with Crippen LogP contribution >= 0.6 is 0 Å². The highest BCUT2D eigenvalue weighted by Crippen LogP contribution is 2.43. The number of hydrogen-bond donors (Lipinski definition) is 0. The fourth-order valence-electron chi connectivity index (χ4n) is 1.44. The van der Waals surface area contributed by atoms with E-state index in [0.717, 1.165) is 0 Å². The van der Waals surface area contributed by atoms with Crippen molar-refractivity contribution >= 4 is 11.4 Å². The molecule has 0 heterocycles. The molecule has 1 fully saturated rings. The monoisotopic (exact) mass is 256 g/mol. The van der Waals surface area contributed by atoms with Crippen LogP contribution < -0.4 is 4.74 Å². The maximum atomic E-state index is 13.4. The molecule has 1 aromatic carbocycles. The summed E-state index contributed by atoms with van der Waals surface area (Å²) < 4.78 is 18.7. The topological polar surface area (TPSA) is 95.5 Å². The number of ether oxygens (including phenoxy) is 1. The van der Waals surface area contributed by atoms with Crippen LogP contribution in [0.2, 0.25) is 0 Å². The zero-order chi connectivity index (χ0) is 13.5. The lowest BCUT2D eigenvalue weighted by Crippen LogP contribution is -2.13. The maximum absolute atomic E-state index is 13.4. The second-order valence-electron chi connectivity index (χ2n) is 4.34. The molecule has 0 radical (unpaired) electrons. The molecular formula is C10H9FN2O5. The summed E-state index contributed by atoms with van der Waals surface area (Å²) in [5.74, 6) is -1.42. The second kappa shape index (κ2) is 3.90. The van der Waals surface area contributed by atoms with E-state index in [1.165, 1.54) is 0 Å². The van der Waals surface area contributed by atoms with Crippen molar-refractivity contribution in [2.75, 3.05) is 0 Å². The van der Waals surface area contributed by atoms with Crippen molar-refractivity contribution in [1.82, 2.24) is 0 Å². The van der Waals surface area contributed by atoms with Crippen LogP contribution in [0.15, 0.2) is 12.1 Å². The van der Waals surface area contributed by atoms with Crippen molar-refractivity contribution in [3.63, 3.8) is 0 Å². The van der Waals surface area contributed by atoms with Gasteiger partial charge in [0.25, 0.3) is 0 Å². The lowest BCUT2D eigenvalue weighted by molar-refractivity contribution is -0.396. The van der Waals surface area contributed by atoms with E-state index in [1.54, 1.807) is 6.92 Å². The Hall–Kier alpha value is -2.25. The largest absolute Gasteiger partial charge is 0.480 e. The number of benzene rings is 1. The van der Waals surface area contributed by atoms with Gasteiger partial charge in [0.1, 0.15) is 11.7 Å². The molecule has 8 heteroatoms. The van der Waals surface area contributed by atoms with Gasteiger partial charge >= 0.3 is 11.4 Å². The molecule has 0 saturated heterocycles. The zero-order valence-corrected chi connectivity index (χ0v) is 9.38. The van der Waals surface area contributed by atoms with E-state index in [0.29, 0.717) is 25.0 Å². The maximum Gasteiger partial charge on any atom is 0.318 e. The van der Waals surface area contributed by atoms with Gasteiger partial charge in [0.2, 0.25) is 11.6 Å². The first-order valence-corrected chi connectivity index (χ1v) is 5.14. The summed E-state index contributed by atoms with van der Waals surface area (Å²) in [6, 6.07) is 1.27. The normalized spacial score (nSPS) is 16.1. The van der Waals surface area contributed by atoms with Gasteiger partial charge in [-0.3, -0.25) is 20.2 Å². The quantitative estimate of drug-likeness (QED) is 0.609. The average molecular weight is 256 g/mol. The number of halogens is 1. The first kappa shape index (κ1) is 12.2. The highest BCUT2D eigenvalue weighted by atomic mass is 19.1. The van der Waals surface area contributed by atoms with E-state index in [9.17, 15) is 24.6 Å². The minimum atomic E-state index is -1.15. The number of nitro groups is 2. The molecule has 1 aliphatic rings. The standard InChI is InChI=1S/C10H9FN2O5/c1-10(2-3-10)18-9-4-6(11)7(12(14)15)5-8(9)13(16)17/h4-5H,2-3H2,1H3. The molecule has 0 aliphatic heterocycles. The number of nitrogens with zero attached hydrogens (tertiary/aromatic N) is 2. The minimum Gasteiger partial charge on any atom is -0.480 e. The molecule has 0 aromatic heterocycles. The van der Waals surface area contributed by atoms with Crippen LogP contribution in [0.3, 0.4) is 0 Å². The van der Waals surface area contributed by atoms with E-state index in [-0.39, 0.29) is 5.75 Å². The van der Waals surface area contributed by atoms with E-state index in [2.05, 4.69) is 0 Å². The van der Waals surface area contributed by atoms with E-state index in [1.807, 2.05) is 0 Å². The Kier molecular flexibility index (Phi) is 2.64. The van der Waals surface area contributed by atoms with Crippen LogP contribution in [0.25, 0.3) is 0 Å². The summed E-state index contributed by atoms with van der Waals surface area (Å²) >= 11 is 0. The summed E-state index contributed by atoms with van der Waals surface area (Å²) in [4.78, 5) is 19.5. The van der Waals surface area contributed by atoms with Gasteiger partial charge in [-0.1, -0.05) is 0 Å². The lowest BCUT2D eigenvalue weighted by atomic mass is 10.2. The predicted octanol–water partition coefficient (Wildman–Crippen LogP) is 2.57. The third kappa shape index (κ3) is 2.22. The molecule has 1 aliphatic carbocycles. The van der Waals surface area contributed by atoms with Gasteiger partial charge in [-0.25, -0.2) is 0 Å². The van der Waals surface area contributed by atoms with Crippen molar-refractivity contribution < 1.29 is 19.0 Å². The first-order chi connectivity index (χ1) is 8.32. The third-order valence-corrected chi connectivity index (χ3v) is 2.73. The number of nitro benzene ring substituents is 2. The Morgan fingerprint density at radius 2 is 1.78 bits per heavy atom. The van der Waals surface area contributed by atoms with Crippen LogP contribution in [0, 0.1) is 26.0 Å². The van der Waals surface area contributed by atoms with Crippen molar-refractivity contribution in [3.05, 3.63) is 38.2 Å². The predicted molar refractivity (Wildman–Crippen MR) is 58.0 cm³/mol. The Morgan fingerprint density at radius 1 is 1.22 bits per heavy atom. The SMILES string of the molecule is CC1(Oc2cc(F)c([N+](=O)[O-])cc2[N+](=O)[O-])CC1. The number of rotatable bonds is 4. The van der Waals surface area contributed by atoms with Crippen LogP contribution in [0.5, 0.6) is 5.75 Å². The van der Waals surface area contributed by atoms with Crippen molar-refractivity contribution in [2.24, 2.45) is 0 Å². The van der Waals surface area contributed by atoms with Crippen molar-refractivity contribution in [1.29, 1.82) is 0 Å². The van der Waals surface area contributed by atoms with Crippen molar-refractivity contribution in [3.8, 4) is 5.75 Å². The van der Waals surface area contributed by atoms with Crippen molar-refractivity contribution in [2.45, 2.75) is 25.4 Å². The molecule has 0 spiro atoms. The van der Waals surface area contributed by atoms with Gasteiger partial charge < -0.3 is 4.74 Å². The molecule has 96 valence electrons. The highest BCUT2D eigenvalue weighted by Gasteiger charge is 2.42. The van der Waals surface area contributed by atoms with Gasteiger partial charge in [-0.05, 0) is 19.8 Å². The zero-order valence-electron chi connectivity index (χ0n) is 9.38. The average Bonchev–Trinajstić information content (AvgIpc) is 2.94. The fourth-order valence-corrected chi connectivity index (χ4v) is 1.44. The van der Waals surface area contributed by atoms with Gasteiger partial charge in [0.05, 0.1) is 9.85 Å². The summed E-state index contributed by atoms with van der Waals surface area (Å²) in [7, 11) is 0. The molecule has 18 heavy (non-hydrogen) atoms. The molecule has 2 rings (SSSR count). The Labute approximate surface area is 100 Å². The lowest BCUT2D eigenvalue weighted by Gasteiger charge is -2.12. The van der Waals surface area contributed by atoms with Gasteiger partial charge in [0, 0.05) is 6.07 Å². The molecule has 0 unspecified atom stereocenters. The minimum absolute atomic E-state index is 0.275. The number of hydrogen-bond acceptors (Lipinski definition) is 5. The van der Waals surface area contributed by atoms with Gasteiger partial charge in [-0.15, -0.1) is 0 Å². The molecule has 7 nitrogen and oxygen atoms in total. The Balaban J connectivity index is 2.47. The van der Waals surface area contributed by atoms with E-state index < -0.39 is 32.6 Å². The molecule has 0 bridgehead atoms. The molecule has 1 saturated carbocycles. The third-order valence-electron chi connectivity index (χ3n) is 2.73. The van der Waals surface area contributed by atoms with Crippen LogP contribution in [-0.4, -0.2) is 15.4 Å². The van der Waals surface area contributed by atoms with E-state index in [4.69, 9.17) is 4.74 Å². The summed E-state index contributed by atoms with van der Waals surface area (Å²) in [6.07, 6.45) is 1.42. The van der Waals surface area contributed by atoms with Crippen LogP contribution in [0.4, 0.5) is 15.8 Å². The molecular weight excluding hydrogens is 247 g/mol. The van der Waals surface area contributed by atoms with Gasteiger partial charge in [0.15, 0.2) is 0 Å². The van der Waals surface area contributed by atoms with Crippen LogP contribution in [-0.2, 0) is 0 Å². The summed E-state index contributed by atoms with van der Waals surface area (Å²) in [5, 5.41) is 21.3. The molecule has 0 atom stereocenters. The molecule has 1 aromatic rings. The summed E-state index contributed by atoms with van der Waals surface area (Å²) in [6.45, 7) is 1.73. The Bertz CT molecular complexity index is 541. The smallest absolute Gasteiger partial charge is 0.318 e. The second-order valence-corrected chi connectivity index (χ2v) is 4.34. The Morgan fingerprint density at radius 3 is 2.22 bits per heavy atom. The van der Waals surface area contributed by atoms with Gasteiger partial charge in [-0.2, -0.15) is 4.39 Å².